The van der Waals surface area contributed by atoms with Crippen LogP contribution in [0.3, 0.4) is 0 Å². The van der Waals surface area contributed by atoms with Crippen LogP contribution in [0.1, 0.15) is 37.7 Å². The Morgan fingerprint density at radius 2 is 1.77 bits per heavy atom. The molecule has 3 aromatic rings. The highest BCUT2D eigenvalue weighted by Gasteiger charge is 2.27. The van der Waals surface area contributed by atoms with E-state index in [-0.39, 0.29) is 5.78 Å². The quantitative estimate of drug-likeness (QED) is 0.264. The van der Waals surface area contributed by atoms with Crippen LogP contribution in [0.2, 0.25) is 5.02 Å². The lowest BCUT2D eigenvalue weighted by Gasteiger charge is -2.42. The number of halogens is 1. The van der Waals surface area contributed by atoms with Crippen molar-refractivity contribution in [3.05, 3.63) is 70.9 Å². The second-order valence-electron chi connectivity index (χ2n) is 12.1. The number of allylic oxidation sites excluding steroid dienone is 2. The number of hydrogen-bond donors (Lipinski definition) is 2. The smallest absolute Gasteiger partial charge is 0.229 e. The summed E-state index contributed by atoms with van der Waals surface area (Å²) in [7, 11) is 3.89. The number of ether oxygens (including phenoxy) is 1. The van der Waals surface area contributed by atoms with Crippen LogP contribution in [0.5, 0.6) is 5.75 Å². The number of aromatic nitrogens is 2. The summed E-state index contributed by atoms with van der Waals surface area (Å²) in [4.78, 5) is 28.9. The Hall–Kier alpha value is -3.66. The maximum atomic E-state index is 12.3. The first-order valence-corrected chi connectivity index (χ1v) is 16.0. The molecule has 0 bridgehead atoms. The maximum Gasteiger partial charge on any atom is 0.229 e. The molecule has 3 heterocycles. The maximum absolute atomic E-state index is 12.3. The highest BCUT2D eigenvalue weighted by molar-refractivity contribution is 6.32. The average Bonchev–Trinajstić information content (AvgIpc) is 3.02. The largest absolute Gasteiger partial charge is 0.494 e. The second-order valence-corrected chi connectivity index (χ2v) is 12.5. The van der Waals surface area contributed by atoms with E-state index < -0.39 is 0 Å². The number of rotatable bonds is 10. The molecule has 10 heteroatoms. The molecule has 2 aromatic carbocycles. The number of piperazine rings is 1. The minimum atomic E-state index is 0.157. The first-order chi connectivity index (χ1) is 21.4. The predicted octanol–water partition coefficient (Wildman–Crippen LogP) is 6.06. The average molecular weight is 616 g/mol. The summed E-state index contributed by atoms with van der Waals surface area (Å²) in [6.07, 6.45) is 9.45. The number of nitrogens with zero attached hydrogens (tertiary/aromatic N) is 5. The number of anilines is 5. The predicted molar refractivity (Wildman–Crippen MR) is 178 cm³/mol. The third kappa shape index (κ3) is 7.52. The summed E-state index contributed by atoms with van der Waals surface area (Å²) in [5.41, 5.74) is 5.00. The van der Waals surface area contributed by atoms with Crippen molar-refractivity contribution in [3.63, 3.8) is 0 Å². The molecule has 6 rings (SSSR count). The van der Waals surface area contributed by atoms with E-state index in [0.717, 1.165) is 67.4 Å². The summed E-state index contributed by atoms with van der Waals surface area (Å²) >= 11 is 6.45. The van der Waals surface area contributed by atoms with Gasteiger partial charge in [0.25, 0.3) is 0 Å². The number of likely N-dealkylation sites (N-methyl/N-ethyl adjacent to an activating group) is 1. The van der Waals surface area contributed by atoms with Gasteiger partial charge in [0.2, 0.25) is 5.95 Å². The van der Waals surface area contributed by atoms with Crippen LogP contribution in [-0.2, 0) is 11.2 Å². The van der Waals surface area contributed by atoms with E-state index in [1.807, 2.05) is 36.4 Å². The van der Waals surface area contributed by atoms with E-state index in [1.54, 1.807) is 13.3 Å². The van der Waals surface area contributed by atoms with Gasteiger partial charge in [0.05, 0.1) is 19.0 Å². The van der Waals surface area contributed by atoms with Crippen molar-refractivity contribution in [1.82, 2.24) is 19.8 Å². The van der Waals surface area contributed by atoms with Crippen LogP contribution in [-0.4, -0.2) is 85.0 Å². The second kappa shape index (κ2) is 14.0. The van der Waals surface area contributed by atoms with Crippen molar-refractivity contribution < 1.29 is 9.53 Å². The van der Waals surface area contributed by atoms with Crippen molar-refractivity contribution in [2.24, 2.45) is 0 Å². The Balaban J connectivity index is 1.06. The number of nitrogens with one attached hydrogen (secondary N) is 2. The molecule has 3 fully saturated rings. The third-order valence-electron chi connectivity index (χ3n) is 9.02. The molecule has 44 heavy (non-hydrogen) atoms. The van der Waals surface area contributed by atoms with E-state index in [1.165, 1.54) is 37.9 Å². The highest BCUT2D eigenvalue weighted by Crippen LogP contribution is 2.34. The molecule has 0 amide bonds. The van der Waals surface area contributed by atoms with E-state index >= 15 is 0 Å². The first-order valence-electron chi connectivity index (χ1n) is 15.7. The van der Waals surface area contributed by atoms with Crippen molar-refractivity contribution in [2.45, 2.75) is 44.6 Å². The fraction of sp³-hybridized carbons (Fsp3) is 0.441. The number of hydrogen-bond acceptors (Lipinski definition) is 9. The van der Waals surface area contributed by atoms with Crippen LogP contribution in [0.4, 0.5) is 28.8 Å². The zero-order valence-electron chi connectivity index (χ0n) is 25.7. The molecule has 0 unspecified atom stereocenters. The molecule has 2 N–H and O–H groups in total. The van der Waals surface area contributed by atoms with Crippen LogP contribution < -0.4 is 20.3 Å². The normalized spacial score (nSPS) is 18.1. The van der Waals surface area contributed by atoms with Crippen LogP contribution in [0, 0.1) is 0 Å². The van der Waals surface area contributed by atoms with Gasteiger partial charge in [0, 0.05) is 69.2 Å². The summed E-state index contributed by atoms with van der Waals surface area (Å²) < 4.78 is 5.77. The van der Waals surface area contributed by atoms with Crippen molar-refractivity contribution >= 4 is 46.2 Å². The van der Waals surface area contributed by atoms with Gasteiger partial charge >= 0.3 is 0 Å². The monoisotopic (exact) mass is 615 g/mol. The fourth-order valence-corrected chi connectivity index (χ4v) is 6.28. The molecular weight excluding hydrogens is 574 g/mol. The minimum Gasteiger partial charge on any atom is -0.494 e. The Labute approximate surface area is 265 Å². The molecule has 3 aliphatic rings. The van der Waals surface area contributed by atoms with Gasteiger partial charge in [0.1, 0.15) is 10.8 Å². The Bertz CT molecular complexity index is 1470. The van der Waals surface area contributed by atoms with Gasteiger partial charge in [-0.05, 0) is 75.1 Å². The van der Waals surface area contributed by atoms with Crippen LogP contribution in [0.15, 0.2) is 60.3 Å². The molecule has 1 saturated carbocycles. The van der Waals surface area contributed by atoms with Gasteiger partial charge in [-0.1, -0.05) is 29.3 Å². The summed E-state index contributed by atoms with van der Waals surface area (Å²) in [5, 5.41) is 6.98. The molecule has 2 saturated heterocycles. The van der Waals surface area contributed by atoms with Gasteiger partial charge in [0.15, 0.2) is 11.6 Å². The molecule has 9 nitrogen and oxygen atoms in total. The molecule has 0 radical (unpaired) electrons. The lowest BCUT2D eigenvalue weighted by molar-refractivity contribution is -0.114. The first kappa shape index (κ1) is 30.4. The summed E-state index contributed by atoms with van der Waals surface area (Å²) in [6, 6.07) is 14.7. The summed E-state index contributed by atoms with van der Waals surface area (Å²) in [5.74, 6) is 1.78. The molecule has 0 spiro atoms. The standard InChI is InChI=1S/C34H42ClN7O2/c1-40-16-18-42(19-17-40)27-12-14-41(15-13-27)28-10-11-31(32(22-28)44-2)38-34-36-23-30(35)33(39-34)37-26-8-6-25(7-9-26)21-29(43)20-24-4-3-5-24/h6-11,20,22-23,27H,3-5,12-19,21H2,1-2H3,(H2,36,37,38,39). The van der Waals surface area contributed by atoms with E-state index in [9.17, 15) is 4.79 Å². The Kier molecular flexibility index (Phi) is 9.64. The van der Waals surface area contributed by atoms with Gasteiger partial charge in [-0.25, -0.2) is 4.98 Å². The van der Waals surface area contributed by atoms with E-state index in [4.69, 9.17) is 16.3 Å². The van der Waals surface area contributed by atoms with Gasteiger partial charge in [-0.3, -0.25) is 9.69 Å². The SMILES string of the molecule is COc1cc(N2CCC(N3CCN(C)CC3)CC2)ccc1Nc1ncc(Cl)c(Nc2ccc(CC(=O)C=C3CCC3)cc2)n1. The van der Waals surface area contributed by atoms with E-state index in [2.05, 4.69) is 54.5 Å². The Morgan fingerprint density at radius 3 is 2.45 bits per heavy atom. The van der Waals surface area contributed by atoms with Crippen molar-refractivity contribution in [1.29, 1.82) is 0 Å². The third-order valence-corrected chi connectivity index (χ3v) is 9.29. The van der Waals surface area contributed by atoms with Crippen molar-refractivity contribution in [2.75, 3.05) is 69.0 Å². The van der Waals surface area contributed by atoms with Gasteiger partial charge < -0.3 is 25.2 Å². The highest BCUT2D eigenvalue weighted by atomic mass is 35.5. The molecule has 1 aromatic heterocycles. The van der Waals surface area contributed by atoms with E-state index in [0.29, 0.717) is 29.3 Å². The number of ketones is 1. The molecule has 2 aliphatic heterocycles. The molecular formula is C34H42ClN7O2. The summed E-state index contributed by atoms with van der Waals surface area (Å²) in [6.45, 7) is 6.75. The zero-order valence-corrected chi connectivity index (χ0v) is 26.4. The van der Waals surface area contributed by atoms with Gasteiger partial charge in [-0.2, -0.15) is 4.98 Å². The van der Waals surface area contributed by atoms with Crippen molar-refractivity contribution in [3.8, 4) is 5.75 Å². The number of piperidine rings is 1. The minimum absolute atomic E-state index is 0.157. The molecule has 0 atom stereocenters. The lowest BCUT2D eigenvalue weighted by atomic mass is 9.91. The molecule has 1 aliphatic carbocycles. The van der Waals surface area contributed by atoms with Gasteiger partial charge in [-0.15, -0.1) is 0 Å². The topological polar surface area (TPSA) is 85.9 Å². The van der Waals surface area contributed by atoms with Crippen LogP contribution in [0.25, 0.3) is 0 Å². The Morgan fingerprint density at radius 1 is 1.02 bits per heavy atom. The number of benzene rings is 2. The fourth-order valence-electron chi connectivity index (χ4n) is 6.14. The molecule has 232 valence electrons. The van der Waals surface area contributed by atoms with Crippen LogP contribution >= 0.6 is 11.6 Å². The number of carbonyl (C=O) groups is 1. The number of methoxy groups -OCH3 is 1. The zero-order chi connectivity index (χ0) is 30.5. The number of carbonyl (C=O) groups excluding carboxylic acids is 1. The lowest BCUT2D eigenvalue weighted by Crippen LogP contribution is -2.52.